The van der Waals surface area contributed by atoms with Crippen LogP contribution in [-0.4, -0.2) is 16.1 Å². The fourth-order valence-electron chi connectivity index (χ4n) is 1.39. The molecule has 0 spiro atoms. The molecule has 68 valence electrons. The first kappa shape index (κ1) is 9.10. The van der Waals surface area contributed by atoms with Crippen molar-refractivity contribution in [3.8, 4) is 0 Å². The van der Waals surface area contributed by atoms with Crippen molar-refractivity contribution in [2.45, 2.75) is 33.7 Å². The lowest BCUT2D eigenvalue weighted by molar-refractivity contribution is 0.591. The zero-order chi connectivity index (χ0) is 9.14. The third-order valence-electron chi connectivity index (χ3n) is 1.83. The molecule has 1 N–H and O–H groups in total. The van der Waals surface area contributed by atoms with Crippen LogP contribution in [0.25, 0.3) is 0 Å². The average Bonchev–Trinajstić information content (AvgIpc) is 2.32. The lowest BCUT2D eigenvalue weighted by Crippen LogP contribution is -2.09. The summed E-state index contributed by atoms with van der Waals surface area (Å²) >= 11 is 0. The summed E-state index contributed by atoms with van der Waals surface area (Å²) in [6.07, 6.45) is 1.90. The predicted molar refractivity (Wildman–Crippen MR) is 51.5 cm³/mol. The molecule has 0 amide bonds. The molecule has 0 saturated heterocycles. The molecule has 0 bridgehead atoms. The van der Waals surface area contributed by atoms with Crippen molar-refractivity contribution in [3.05, 3.63) is 11.9 Å². The molecule has 3 nitrogen and oxygen atoms in total. The van der Waals surface area contributed by atoms with E-state index >= 15 is 0 Å². The zero-order valence-corrected chi connectivity index (χ0v) is 8.26. The molecular weight excluding hydrogens is 150 g/mol. The summed E-state index contributed by atoms with van der Waals surface area (Å²) in [7, 11) is 0. The van der Waals surface area contributed by atoms with Gasteiger partial charge in [0.05, 0.1) is 6.20 Å². The van der Waals surface area contributed by atoms with E-state index in [0.717, 1.165) is 12.5 Å². The van der Waals surface area contributed by atoms with E-state index in [4.69, 9.17) is 0 Å². The van der Waals surface area contributed by atoms with Gasteiger partial charge in [-0.15, -0.1) is 0 Å². The average molecular weight is 167 g/mol. The predicted octanol–water partition coefficient (Wildman–Crippen LogP) is 2.20. The molecule has 0 aliphatic rings. The highest BCUT2D eigenvalue weighted by molar-refractivity contribution is 5.29. The number of nitrogens with zero attached hydrogens (tertiary/aromatic N) is 2. The summed E-state index contributed by atoms with van der Waals surface area (Å²) in [5.74, 6) is 0.977. The van der Waals surface area contributed by atoms with E-state index in [-0.39, 0.29) is 0 Å². The number of hydrogen-bond acceptors (Lipinski definition) is 2. The highest BCUT2D eigenvalue weighted by Gasteiger charge is 2.07. The lowest BCUT2D eigenvalue weighted by Gasteiger charge is -2.13. The molecule has 0 aromatic carbocycles. The quantitative estimate of drug-likeness (QED) is 0.748. The molecule has 0 saturated carbocycles. The van der Waals surface area contributed by atoms with Gasteiger partial charge in [0, 0.05) is 18.3 Å². The van der Waals surface area contributed by atoms with Crippen molar-refractivity contribution in [1.82, 2.24) is 9.55 Å². The van der Waals surface area contributed by atoms with Crippen LogP contribution in [0.4, 0.5) is 5.95 Å². The minimum absolute atomic E-state index is 0.474. The summed E-state index contributed by atoms with van der Waals surface area (Å²) in [6.45, 7) is 9.40. The van der Waals surface area contributed by atoms with Crippen LogP contribution in [0.5, 0.6) is 0 Å². The molecule has 0 aliphatic carbocycles. The molecule has 1 heterocycles. The number of aromatic nitrogens is 2. The number of rotatable bonds is 3. The monoisotopic (exact) mass is 167 g/mol. The molecule has 12 heavy (non-hydrogen) atoms. The van der Waals surface area contributed by atoms with Gasteiger partial charge >= 0.3 is 0 Å². The van der Waals surface area contributed by atoms with Gasteiger partial charge in [-0.2, -0.15) is 0 Å². The second-order valence-corrected chi connectivity index (χ2v) is 3.22. The Balaban J connectivity index is 2.95. The normalized spacial score (nSPS) is 10.8. The molecule has 0 aliphatic heterocycles. The van der Waals surface area contributed by atoms with Crippen LogP contribution in [0.2, 0.25) is 0 Å². The van der Waals surface area contributed by atoms with Gasteiger partial charge in [0.1, 0.15) is 0 Å². The van der Waals surface area contributed by atoms with E-state index in [1.165, 1.54) is 5.69 Å². The van der Waals surface area contributed by atoms with Gasteiger partial charge in [0.25, 0.3) is 0 Å². The van der Waals surface area contributed by atoms with Crippen LogP contribution in [0.1, 0.15) is 32.5 Å². The van der Waals surface area contributed by atoms with Gasteiger partial charge in [0.15, 0.2) is 0 Å². The Bertz CT molecular complexity index is 250. The van der Waals surface area contributed by atoms with Gasteiger partial charge in [-0.05, 0) is 27.7 Å². The fourth-order valence-corrected chi connectivity index (χ4v) is 1.39. The Morgan fingerprint density at radius 1 is 1.58 bits per heavy atom. The second-order valence-electron chi connectivity index (χ2n) is 3.22. The van der Waals surface area contributed by atoms with E-state index in [9.17, 15) is 0 Å². The molecule has 1 aromatic heterocycles. The minimum Gasteiger partial charge on any atom is -0.356 e. The van der Waals surface area contributed by atoms with Crippen LogP contribution >= 0.6 is 0 Å². The maximum atomic E-state index is 4.28. The van der Waals surface area contributed by atoms with E-state index < -0.39 is 0 Å². The lowest BCUT2D eigenvalue weighted by atomic mass is 10.3. The van der Waals surface area contributed by atoms with Crippen LogP contribution < -0.4 is 5.32 Å². The van der Waals surface area contributed by atoms with Gasteiger partial charge < -0.3 is 9.88 Å². The number of imidazole rings is 1. The van der Waals surface area contributed by atoms with Crippen molar-refractivity contribution < 1.29 is 0 Å². The number of aryl methyl sites for hydroxylation is 1. The van der Waals surface area contributed by atoms with Crippen molar-refractivity contribution in [1.29, 1.82) is 0 Å². The maximum Gasteiger partial charge on any atom is 0.203 e. The molecule has 0 atom stereocenters. The largest absolute Gasteiger partial charge is 0.356 e. The van der Waals surface area contributed by atoms with Crippen LogP contribution in [0, 0.1) is 6.92 Å². The molecule has 1 rings (SSSR count). The SMILES string of the molecule is CCNc1ncc(C)n1C(C)C. The van der Waals surface area contributed by atoms with E-state index in [1.54, 1.807) is 0 Å². The van der Waals surface area contributed by atoms with Crippen LogP contribution in [-0.2, 0) is 0 Å². The van der Waals surface area contributed by atoms with Crippen molar-refractivity contribution >= 4 is 5.95 Å². The first-order valence-electron chi connectivity index (χ1n) is 4.44. The summed E-state index contributed by atoms with van der Waals surface area (Å²) in [4.78, 5) is 4.28. The molecule has 0 fully saturated rings. The van der Waals surface area contributed by atoms with E-state index in [2.05, 4.69) is 42.6 Å². The van der Waals surface area contributed by atoms with Crippen molar-refractivity contribution in [2.75, 3.05) is 11.9 Å². The molecular formula is C9H17N3. The summed E-state index contributed by atoms with van der Waals surface area (Å²) in [5.41, 5.74) is 1.21. The Kier molecular flexibility index (Phi) is 2.74. The summed E-state index contributed by atoms with van der Waals surface area (Å²) < 4.78 is 2.20. The second kappa shape index (κ2) is 3.61. The number of nitrogens with one attached hydrogen (secondary N) is 1. The van der Waals surface area contributed by atoms with Gasteiger partial charge in [-0.3, -0.25) is 0 Å². The smallest absolute Gasteiger partial charge is 0.203 e. The molecule has 1 aromatic rings. The standard InChI is InChI=1S/C9H17N3/c1-5-10-9-11-6-8(4)12(9)7(2)3/h6-7H,5H2,1-4H3,(H,10,11). The highest BCUT2D eigenvalue weighted by Crippen LogP contribution is 2.16. The zero-order valence-electron chi connectivity index (χ0n) is 8.26. The van der Waals surface area contributed by atoms with E-state index in [1.807, 2.05) is 6.20 Å². The Hall–Kier alpha value is -0.990. The summed E-state index contributed by atoms with van der Waals surface area (Å²) in [5, 5.41) is 3.23. The number of hydrogen-bond donors (Lipinski definition) is 1. The summed E-state index contributed by atoms with van der Waals surface area (Å²) in [6, 6.07) is 0.474. The van der Waals surface area contributed by atoms with Crippen LogP contribution in [0.15, 0.2) is 6.20 Å². The first-order valence-corrected chi connectivity index (χ1v) is 4.44. The fraction of sp³-hybridized carbons (Fsp3) is 0.667. The molecule has 0 radical (unpaired) electrons. The van der Waals surface area contributed by atoms with E-state index in [0.29, 0.717) is 6.04 Å². The maximum absolute atomic E-state index is 4.28. The Morgan fingerprint density at radius 3 is 2.75 bits per heavy atom. The Morgan fingerprint density at radius 2 is 2.25 bits per heavy atom. The van der Waals surface area contributed by atoms with Crippen LogP contribution in [0.3, 0.4) is 0 Å². The number of anilines is 1. The highest BCUT2D eigenvalue weighted by atomic mass is 15.2. The third kappa shape index (κ3) is 1.60. The topological polar surface area (TPSA) is 29.9 Å². The molecule has 3 heteroatoms. The van der Waals surface area contributed by atoms with Crippen molar-refractivity contribution in [2.24, 2.45) is 0 Å². The van der Waals surface area contributed by atoms with Gasteiger partial charge in [-0.25, -0.2) is 4.98 Å². The van der Waals surface area contributed by atoms with Gasteiger partial charge in [0.2, 0.25) is 5.95 Å². The minimum atomic E-state index is 0.474. The molecule has 0 unspecified atom stereocenters. The third-order valence-corrected chi connectivity index (χ3v) is 1.83. The first-order chi connectivity index (χ1) is 5.66. The Labute approximate surface area is 73.8 Å². The van der Waals surface area contributed by atoms with Crippen molar-refractivity contribution in [3.63, 3.8) is 0 Å². The van der Waals surface area contributed by atoms with Gasteiger partial charge in [-0.1, -0.05) is 0 Å².